The Bertz CT molecular complexity index is 383. The predicted octanol–water partition coefficient (Wildman–Crippen LogP) is 2.03. The number of ether oxygens (including phenoxy) is 1. The molecule has 4 heteroatoms. The van der Waals surface area contributed by atoms with E-state index in [0.29, 0.717) is 19.0 Å². The van der Waals surface area contributed by atoms with Crippen LogP contribution in [0.4, 0.5) is 4.79 Å². The molecule has 0 aromatic heterocycles. The van der Waals surface area contributed by atoms with Gasteiger partial charge in [0.1, 0.15) is 6.61 Å². The van der Waals surface area contributed by atoms with Gasteiger partial charge in [-0.1, -0.05) is 37.3 Å². The second kappa shape index (κ2) is 5.87. The van der Waals surface area contributed by atoms with Crippen molar-refractivity contribution in [3.05, 3.63) is 35.9 Å². The van der Waals surface area contributed by atoms with Gasteiger partial charge in [-0.05, 0) is 17.9 Å². The number of β-amino-alcohol motifs (C(OH)–C–C–N with tert-alkyl or cyclic N) is 1. The summed E-state index contributed by atoms with van der Waals surface area (Å²) in [6.45, 7) is 3.34. The molecule has 1 aliphatic rings. The van der Waals surface area contributed by atoms with Crippen molar-refractivity contribution in [2.24, 2.45) is 5.92 Å². The molecule has 1 saturated heterocycles. The number of benzene rings is 1. The Morgan fingerprint density at radius 1 is 1.39 bits per heavy atom. The van der Waals surface area contributed by atoms with E-state index >= 15 is 0 Å². The van der Waals surface area contributed by atoms with Gasteiger partial charge in [0, 0.05) is 13.1 Å². The molecule has 1 aromatic carbocycles. The average Bonchev–Trinajstić information content (AvgIpc) is 2.36. The number of likely N-dealkylation sites (tertiary alicyclic amines) is 1. The van der Waals surface area contributed by atoms with Crippen LogP contribution in [0.5, 0.6) is 0 Å². The van der Waals surface area contributed by atoms with E-state index in [-0.39, 0.29) is 12.7 Å². The van der Waals surface area contributed by atoms with Crippen LogP contribution in [0.2, 0.25) is 0 Å². The molecule has 0 spiro atoms. The Kier molecular flexibility index (Phi) is 4.20. The summed E-state index contributed by atoms with van der Waals surface area (Å²) in [5.74, 6) is 0.318. The molecule has 1 N–H and O–H groups in total. The van der Waals surface area contributed by atoms with E-state index < -0.39 is 6.10 Å². The summed E-state index contributed by atoms with van der Waals surface area (Å²) >= 11 is 0. The number of amides is 1. The third-order valence-electron chi connectivity index (χ3n) is 3.10. The van der Waals surface area contributed by atoms with Gasteiger partial charge in [0.05, 0.1) is 6.10 Å². The van der Waals surface area contributed by atoms with E-state index in [4.69, 9.17) is 4.74 Å². The smallest absolute Gasteiger partial charge is 0.410 e. The van der Waals surface area contributed by atoms with Gasteiger partial charge >= 0.3 is 6.09 Å². The summed E-state index contributed by atoms with van der Waals surface area (Å²) in [6, 6.07) is 9.59. The summed E-state index contributed by atoms with van der Waals surface area (Å²) in [6.07, 6.45) is -0.0230. The monoisotopic (exact) mass is 249 g/mol. The van der Waals surface area contributed by atoms with Crippen LogP contribution in [0, 0.1) is 5.92 Å². The van der Waals surface area contributed by atoms with Gasteiger partial charge in [0.15, 0.2) is 0 Å². The summed E-state index contributed by atoms with van der Waals surface area (Å²) in [5.41, 5.74) is 0.969. The third-order valence-corrected chi connectivity index (χ3v) is 3.10. The van der Waals surface area contributed by atoms with E-state index in [1.165, 1.54) is 0 Å². The summed E-state index contributed by atoms with van der Waals surface area (Å²) in [7, 11) is 0. The minimum absolute atomic E-state index is 0.278. The van der Waals surface area contributed by atoms with Crippen molar-refractivity contribution >= 4 is 6.09 Å². The SMILES string of the molecule is C[C@@H]1C[C@@H](O)CN(C(=O)OCc2ccccc2)C1. The Morgan fingerprint density at radius 3 is 2.78 bits per heavy atom. The zero-order chi connectivity index (χ0) is 13.0. The Labute approximate surface area is 107 Å². The van der Waals surface area contributed by atoms with E-state index in [2.05, 4.69) is 0 Å². The molecule has 0 radical (unpaired) electrons. The Balaban J connectivity index is 1.84. The van der Waals surface area contributed by atoms with Gasteiger partial charge in [0.25, 0.3) is 0 Å². The second-order valence-electron chi connectivity index (χ2n) is 4.94. The van der Waals surface area contributed by atoms with Crippen LogP contribution in [0.15, 0.2) is 30.3 Å². The fourth-order valence-electron chi connectivity index (χ4n) is 2.28. The maximum atomic E-state index is 11.9. The van der Waals surface area contributed by atoms with Crippen molar-refractivity contribution in [3.63, 3.8) is 0 Å². The van der Waals surface area contributed by atoms with Gasteiger partial charge in [-0.25, -0.2) is 4.79 Å². The Morgan fingerprint density at radius 2 is 2.11 bits per heavy atom. The fraction of sp³-hybridized carbons (Fsp3) is 0.500. The number of aliphatic hydroxyl groups excluding tert-OH is 1. The van der Waals surface area contributed by atoms with Crippen LogP contribution in [0.3, 0.4) is 0 Å². The maximum absolute atomic E-state index is 11.9. The molecule has 1 fully saturated rings. The van der Waals surface area contributed by atoms with Crippen LogP contribution in [0.1, 0.15) is 18.9 Å². The van der Waals surface area contributed by atoms with Crippen LogP contribution in [-0.2, 0) is 11.3 Å². The highest BCUT2D eigenvalue weighted by Crippen LogP contribution is 2.17. The maximum Gasteiger partial charge on any atom is 0.410 e. The minimum atomic E-state index is -0.432. The fourth-order valence-corrected chi connectivity index (χ4v) is 2.28. The molecule has 18 heavy (non-hydrogen) atoms. The van der Waals surface area contributed by atoms with Gasteiger partial charge in [0.2, 0.25) is 0 Å². The molecule has 0 unspecified atom stereocenters. The van der Waals surface area contributed by atoms with E-state index in [1.807, 2.05) is 37.3 Å². The standard InChI is InChI=1S/C14H19NO3/c1-11-7-13(16)9-15(8-11)14(17)18-10-12-5-3-2-4-6-12/h2-6,11,13,16H,7-10H2,1H3/t11-,13-/m1/s1. The van der Waals surface area contributed by atoms with E-state index in [1.54, 1.807) is 4.90 Å². The van der Waals surface area contributed by atoms with Crippen molar-refractivity contribution in [2.75, 3.05) is 13.1 Å². The zero-order valence-corrected chi connectivity index (χ0v) is 10.6. The van der Waals surface area contributed by atoms with Gasteiger partial charge < -0.3 is 14.7 Å². The lowest BCUT2D eigenvalue weighted by atomic mass is 9.98. The van der Waals surface area contributed by atoms with Crippen LogP contribution < -0.4 is 0 Å². The lowest BCUT2D eigenvalue weighted by Crippen LogP contribution is -2.45. The first-order valence-corrected chi connectivity index (χ1v) is 6.29. The van der Waals surface area contributed by atoms with Crippen molar-refractivity contribution in [1.29, 1.82) is 0 Å². The van der Waals surface area contributed by atoms with Crippen molar-refractivity contribution in [3.8, 4) is 0 Å². The highest BCUT2D eigenvalue weighted by atomic mass is 16.6. The second-order valence-corrected chi connectivity index (χ2v) is 4.94. The number of piperidine rings is 1. The average molecular weight is 249 g/mol. The molecule has 2 rings (SSSR count). The molecule has 0 aliphatic carbocycles. The van der Waals surface area contributed by atoms with Crippen LogP contribution in [-0.4, -0.2) is 35.3 Å². The normalized spacial score (nSPS) is 23.8. The first-order chi connectivity index (χ1) is 8.65. The molecule has 1 heterocycles. The highest BCUT2D eigenvalue weighted by Gasteiger charge is 2.27. The topological polar surface area (TPSA) is 49.8 Å². The van der Waals surface area contributed by atoms with Gasteiger partial charge in [-0.2, -0.15) is 0 Å². The number of nitrogens with zero attached hydrogens (tertiary/aromatic N) is 1. The lowest BCUT2D eigenvalue weighted by molar-refractivity contribution is 0.0290. The third kappa shape index (κ3) is 3.47. The van der Waals surface area contributed by atoms with Crippen molar-refractivity contribution in [2.45, 2.75) is 26.1 Å². The largest absolute Gasteiger partial charge is 0.445 e. The first kappa shape index (κ1) is 12.9. The number of rotatable bonds is 2. The molecule has 2 atom stereocenters. The number of carbonyl (C=O) groups excluding carboxylic acids is 1. The molecule has 1 amide bonds. The molecule has 1 aromatic rings. The van der Waals surface area contributed by atoms with Crippen molar-refractivity contribution in [1.82, 2.24) is 4.90 Å². The predicted molar refractivity (Wildman–Crippen MR) is 68.0 cm³/mol. The number of hydrogen-bond donors (Lipinski definition) is 1. The van der Waals surface area contributed by atoms with E-state index in [0.717, 1.165) is 12.0 Å². The van der Waals surface area contributed by atoms with E-state index in [9.17, 15) is 9.90 Å². The van der Waals surface area contributed by atoms with Gasteiger partial charge in [-0.15, -0.1) is 0 Å². The molecular formula is C14H19NO3. The highest BCUT2D eigenvalue weighted by molar-refractivity contribution is 5.67. The van der Waals surface area contributed by atoms with Gasteiger partial charge in [-0.3, -0.25) is 0 Å². The van der Waals surface area contributed by atoms with Crippen LogP contribution in [0.25, 0.3) is 0 Å². The molecule has 0 bridgehead atoms. The van der Waals surface area contributed by atoms with Crippen LogP contribution >= 0.6 is 0 Å². The quantitative estimate of drug-likeness (QED) is 0.872. The number of hydrogen-bond acceptors (Lipinski definition) is 3. The number of aliphatic hydroxyl groups is 1. The first-order valence-electron chi connectivity index (χ1n) is 6.29. The Hall–Kier alpha value is -1.55. The lowest BCUT2D eigenvalue weighted by Gasteiger charge is -2.33. The molecule has 4 nitrogen and oxygen atoms in total. The number of carbonyl (C=O) groups is 1. The minimum Gasteiger partial charge on any atom is -0.445 e. The molecular weight excluding hydrogens is 230 g/mol. The van der Waals surface area contributed by atoms with Crippen molar-refractivity contribution < 1.29 is 14.6 Å². The molecule has 98 valence electrons. The summed E-state index contributed by atoms with van der Waals surface area (Å²) < 4.78 is 5.24. The molecule has 1 aliphatic heterocycles. The summed E-state index contributed by atoms with van der Waals surface area (Å²) in [5, 5.41) is 9.63. The molecule has 0 saturated carbocycles. The summed E-state index contributed by atoms with van der Waals surface area (Å²) in [4.78, 5) is 13.4. The zero-order valence-electron chi connectivity index (χ0n) is 10.6.